The monoisotopic (exact) mass is 474 g/mol. The molecule has 0 aliphatic carbocycles. The molecular weight excluding hydrogens is 440 g/mol. The quantitative estimate of drug-likeness (QED) is 0.536. The highest BCUT2D eigenvalue weighted by molar-refractivity contribution is 5.77. The van der Waals surface area contributed by atoms with E-state index in [1.54, 1.807) is 0 Å². The molecule has 3 aromatic rings. The van der Waals surface area contributed by atoms with E-state index < -0.39 is 0 Å². The lowest BCUT2D eigenvalue weighted by atomic mass is 9.81. The number of anilines is 1. The summed E-state index contributed by atoms with van der Waals surface area (Å²) in [4.78, 5) is 17.6. The van der Waals surface area contributed by atoms with Crippen LogP contribution in [0.3, 0.4) is 0 Å². The van der Waals surface area contributed by atoms with Crippen LogP contribution in [0.25, 0.3) is 0 Å². The van der Waals surface area contributed by atoms with Crippen LogP contribution < -0.4 is 15.0 Å². The normalized spacial score (nSPS) is 20.6. The van der Waals surface area contributed by atoms with Gasteiger partial charge in [0.25, 0.3) is 0 Å². The number of carbonyl (C=O) groups excluding carboxylic acids is 1. The minimum absolute atomic E-state index is 0.284. The average molecular weight is 475 g/mol. The third kappa shape index (κ3) is 6.22. The minimum atomic E-state index is 0.284. The van der Waals surface area contributed by atoms with Crippen LogP contribution in [0.5, 0.6) is 5.75 Å². The Morgan fingerprint density at radius 3 is 2.51 bits per heavy atom. The lowest BCUT2D eigenvalue weighted by molar-refractivity contribution is -0.133. The van der Waals surface area contributed by atoms with Crippen molar-refractivity contribution in [1.82, 2.24) is 15.4 Å². The van der Waals surface area contributed by atoms with Crippen LogP contribution in [0.2, 0.25) is 0 Å². The van der Waals surface area contributed by atoms with E-state index in [1.165, 1.54) is 5.69 Å². The SMILES string of the molecule is O=C(C[C@@H]1CCNC[C@@H]1Cc1cc(COc2ccccc2)on1)N1CCN(c2ccccc2)CC1. The third-order valence-corrected chi connectivity index (χ3v) is 7.16. The first-order valence-corrected chi connectivity index (χ1v) is 12.7. The van der Waals surface area contributed by atoms with Gasteiger partial charge in [-0.15, -0.1) is 0 Å². The number of piperidine rings is 1. The Labute approximate surface area is 207 Å². The smallest absolute Gasteiger partial charge is 0.222 e. The van der Waals surface area contributed by atoms with E-state index in [9.17, 15) is 4.79 Å². The molecule has 0 unspecified atom stereocenters. The van der Waals surface area contributed by atoms with Crippen LogP contribution in [-0.2, 0) is 17.8 Å². The number of ether oxygens (including phenoxy) is 1. The van der Waals surface area contributed by atoms with Crippen molar-refractivity contribution in [3.63, 3.8) is 0 Å². The van der Waals surface area contributed by atoms with Gasteiger partial charge in [0.15, 0.2) is 5.76 Å². The highest BCUT2D eigenvalue weighted by Crippen LogP contribution is 2.28. The van der Waals surface area contributed by atoms with Gasteiger partial charge >= 0.3 is 0 Å². The zero-order chi connectivity index (χ0) is 23.9. The number of hydrogen-bond donors (Lipinski definition) is 1. The maximum absolute atomic E-state index is 13.2. The Morgan fingerprint density at radius 2 is 1.74 bits per heavy atom. The predicted molar refractivity (Wildman–Crippen MR) is 135 cm³/mol. The summed E-state index contributed by atoms with van der Waals surface area (Å²) in [5.74, 6) is 2.54. The van der Waals surface area contributed by atoms with Gasteiger partial charge in [0, 0.05) is 44.4 Å². The first kappa shape index (κ1) is 23.4. The average Bonchev–Trinajstić information content (AvgIpc) is 3.37. The molecule has 35 heavy (non-hydrogen) atoms. The number of rotatable bonds is 8. The molecule has 1 aromatic heterocycles. The maximum Gasteiger partial charge on any atom is 0.222 e. The summed E-state index contributed by atoms with van der Waals surface area (Å²) in [6.45, 7) is 5.58. The molecule has 184 valence electrons. The number of hydrogen-bond acceptors (Lipinski definition) is 6. The van der Waals surface area contributed by atoms with E-state index in [0.717, 1.165) is 69.3 Å². The molecule has 7 nitrogen and oxygen atoms in total. The molecule has 1 N–H and O–H groups in total. The van der Waals surface area contributed by atoms with Crippen molar-refractivity contribution in [2.24, 2.45) is 11.8 Å². The van der Waals surface area contributed by atoms with Crippen molar-refractivity contribution in [2.45, 2.75) is 25.9 Å². The summed E-state index contributed by atoms with van der Waals surface area (Å²) < 4.78 is 11.3. The molecule has 7 heteroatoms. The van der Waals surface area contributed by atoms with Gasteiger partial charge in [0.2, 0.25) is 5.91 Å². The molecule has 2 atom stereocenters. The second kappa shape index (κ2) is 11.4. The van der Waals surface area contributed by atoms with Crippen molar-refractivity contribution in [2.75, 3.05) is 44.2 Å². The predicted octanol–water partition coefficient (Wildman–Crippen LogP) is 3.76. The second-order valence-corrected chi connectivity index (χ2v) is 9.51. The number of carbonyl (C=O) groups is 1. The Morgan fingerprint density at radius 1 is 1.00 bits per heavy atom. The highest BCUT2D eigenvalue weighted by Gasteiger charge is 2.30. The van der Waals surface area contributed by atoms with Gasteiger partial charge in [0.05, 0.1) is 5.69 Å². The molecule has 0 saturated carbocycles. The number of benzene rings is 2. The number of piperazine rings is 1. The molecule has 0 bridgehead atoms. The van der Waals surface area contributed by atoms with E-state index in [2.05, 4.69) is 39.6 Å². The fourth-order valence-electron chi connectivity index (χ4n) is 5.15. The Bertz CT molecular complexity index is 1060. The van der Waals surface area contributed by atoms with E-state index in [4.69, 9.17) is 9.26 Å². The molecule has 2 fully saturated rings. The molecule has 2 saturated heterocycles. The number of amides is 1. The lowest BCUT2D eigenvalue weighted by Crippen LogP contribution is -2.50. The molecule has 0 spiro atoms. The summed E-state index contributed by atoms with van der Waals surface area (Å²) in [6.07, 6.45) is 2.43. The van der Waals surface area contributed by atoms with Gasteiger partial charge in [-0.1, -0.05) is 41.6 Å². The van der Waals surface area contributed by atoms with Crippen molar-refractivity contribution in [3.05, 3.63) is 78.2 Å². The Balaban J connectivity index is 1.12. The minimum Gasteiger partial charge on any atom is -0.486 e. The fraction of sp³-hybridized carbons (Fsp3) is 0.429. The van der Waals surface area contributed by atoms with Crippen LogP contribution in [-0.4, -0.2) is 55.2 Å². The van der Waals surface area contributed by atoms with Gasteiger partial charge in [-0.05, 0) is 62.0 Å². The van der Waals surface area contributed by atoms with Crippen LogP contribution in [0, 0.1) is 11.8 Å². The van der Waals surface area contributed by atoms with E-state index in [0.29, 0.717) is 24.9 Å². The van der Waals surface area contributed by atoms with Crippen molar-refractivity contribution >= 4 is 11.6 Å². The van der Waals surface area contributed by atoms with Crippen LogP contribution in [0.1, 0.15) is 24.3 Å². The van der Waals surface area contributed by atoms with Gasteiger partial charge in [0.1, 0.15) is 12.4 Å². The van der Waals surface area contributed by atoms with Gasteiger partial charge in [-0.25, -0.2) is 0 Å². The lowest BCUT2D eigenvalue weighted by Gasteiger charge is -2.38. The second-order valence-electron chi connectivity index (χ2n) is 9.51. The van der Waals surface area contributed by atoms with Crippen LogP contribution in [0.15, 0.2) is 71.3 Å². The van der Waals surface area contributed by atoms with Crippen molar-refractivity contribution < 1.29 is 14.1 Å². The number of aromatic nitrogens is 1. The third-order valence-electron chi connectivity index (χ3n) is 7.16. The Hall–Kier alpha value is -3.32. The summed E-state index contributed by atoms with van der Waals surface area (Å²) in [5.41, 5.74) is 2.17. The van der Waals surface area contributed by atoms with Crippen molar-refractivity contribution in [1.29, 1.82) is 0 Å². The molecule has 2 aromatic carbocycles. The molecule has 1 amide bonds. The Kier molecular flexibility index (Phi) is 7.63. The van der Waals surface area contributed by atoms with Gasteiger partial charge in [-0.3, -0.25) is 4.79 Å². The summed E-state index contributed by atoms with van der Waals surface area (Å²) in [6, 6.07) is 22.1. The standard InChI is InChI=1S/C28H34N4O3/c33-28(32-15-13-31(14-16-32)25-7-3-1-4-8-25)18-22-11-12-29-20-23(22)17-24-19-27(35-30-24)21-34-26-9-5-2-6-10-26/h1-10,19,22-23,29H,11-18,20-21H2/t22-,23-/m0/s1. The largest absolute Gasteiger partial charge is 0.486 e. The summed E-state index contributed by atoms with van der Waals surface area (Å²) >= 11 is 0. The van der Waals surface area contributed by atoms with Crippen LogP contribution in [0.4, 0.5) is 5.69 Å². The summed E-state index contributed by atoms with van der Waals surface area (Å²) in [7, 11) is 0. The maximum atomic E-state index is 13.2. The van der Waals surface area contributed by atoms with Gasteiger partial charge < -0.3 is 24.4 Å². The van der Waals surface area contributed by atoms with E-state index in [1.807, 2.05) is 47.4 Å². The fourth-order valence-corrected chi connectivity index (χ4v) is 5.15. The highest BCUT2D eigenvalue weighted by atomic mass is 16.5. The molecular formula is C28H34N4O3. The molecule has 5 rings (SSSR count). The number of nitrogens with one attached hydrogen (secondary N) is 1. The first-order chi connectivity index (χ1) is 17.2. The van der Waals surface area contributed by atoms with E-state index in [-0.39, 0.29) is 5.91 Å². The van der Waals surface area contributed by atoms with Crippen LogP contribution >= 0.6 is 0 Å². The zero-order valence-corrected chi connectivity index (χ0v) is 20.1. The zero-order valence-electron chi connectivity index (χ0n) is 20.1. The van der Waals surface area contributed by atoms with Crippen molar-refractivity contribution in [3.8, 4) is 5.75 Å². The summed E-state index contributed by atoms with van der Waals surface area (Å²) in [5, 5.41) is 7.78. The molecule has 2 aliphatic heterocycles. The number of nitrogens with zero attached hydrogens (tertiary/aromatic N) is 3. The molecule has 3 heterocycles. The van der Waals surface area contributed by atoms with Gasteiger partial charge in [-0.2, -0.15) is 0 Å². The first-order valence-electron chi connectivity index (χ1n) is 12.7. The molecule has 2 aliphatic rings. The molecule has 0 radical (unpaired) electrons. The topological polar surface area (TPSA) is 70.8 Å². The van der Waals surface area contributed by atoms with E-state index >= 15 is 0 Å². The number of para-hydroxylation sites is 2.